The lowest BCUT2D eigenvalue weighted by atomic mass is 10.0. The largest absolute Gasteiger partial charge is 0.330 e. The third kappa shape index (κ3) is 2.91. The molecule has 0 saturated carbocycles. The average Bonchev–Trinajstić information content (AvgIpc) is 2.47. The molecule has 1 aromatic heterocycles. The summed E-state index contributed by atoms with van der Waals surface area (Å²) in [5.41, 5.74) is 0.937. The zero-order chi connectivity index (χ0) is 15.6. The monoisotopic (exact) mass is 284 g/mol. The Morgan fingerprint density at radius 3 is 2.48 bits per heavy atom. The van der Waals surface area contributed by atoms with Crippen molar-refractivity contribution in [3.8, 4) is 0 Å². The van der Waals surface area contributed by atoms with E-state index >= 15 is 0 Å². The Hall–Kier alpha value is -2.69. The Balaban J connectivity index is 2.39. The predicted molar refractivity (Wildman–Crippen MR) is 81.5 cm³/mol. The van der Waals surface area contributed by atoms with Gasteiger partial charge in [-0.15, -0.1) is 0 Å². The number of allylic oxidation sites excluding steroid dienone is 1. The number of ketones is 1. The third-order valence-corrected chi connectivity index (χ3v) is 3.30. The molecule has 0 saturated heterocycles. The number of aryl methyl sites for hydroxylation is 2. The van der Waals surface area contributed by atoms with Crippen LogP contribution in [-0.2, 0) is 14.1 Å². The molecule has 0 fully saturated rings. The van der Waals surface area contributed by atoms with Crippen molar-refractivity contribution in [1.29, 1.82) is 0 Å². The molecule has 1 heterocycles. The number of rotatable bonds is 3. The second kappa shape index (κ2) is 5.75. The number of benzene rings is 1. The first-order valence-corrected chi connectivity index (χ1v) is 6.46. The van der Waals surface area contributed by atoms with Crippen LogP contribution in [0.4, 0.5) is 0 Å². The van der Waals surface area contributed by atoms with Crippen molar-refractivity contribution in [3.63, 3.8) is 0 Å². The molecule has 0 atom stereocenters. The summed E-state index contributed by atoms with van der Waals surface area (Å²) in [6, 6.07) is 7.24. The lowest BCUT2D eigenvalue weighted by Crippen LogP contribution is -2.37. The summed E-state index contributed by atoms with van der Waals surface area (Å²) in [7, 11) is 2.97. The molecule has 5 heteroatoms. The number of carbonyl (C=O) groups is 1. The lowest BCUT2D eigenvalue weighted by molar-refractivity contribution is 0.104. The van der Waals surface area contributed by atoms with Gasteiger partial charge in [-0.25, -0.2) is 4.79 Å². The van der Waals surface area contributed by atoms with Gasteiger partial charge >= 0.3 is 5.69 Å². The van der Waals surface area contributed by atoms with Crippen molar-refractivity contribution in [1.82, 2.24) is 9.13 Å². The van der Waals surface area contributed by atoms with E-state index in [0.717, 1.165) is 10.1 Å². The molecular formula is C16H16N2O3. The molecule has 0 N–H and O–H groups in total. The minimum absolute atomic E-state index is 0.177. The fourth-order valence-corrected chi connectivity index (χ4v) is 2.06. The normalized spacial score (nSPS) is 11.0. The standard InChI is InChI=1S/C16H16N2O3/c1-11-6-4-5-7-13(11)14(19)9-8-12-10-17(2)16(21)18(3)15(12)20/h4-10H,1-3H3/b9-8+. The van der Waals surface area contributed by atoms with E-state index in [1.54, 1.807) is 19.2 Å². The molecular weight excluding hydrogens is 268 g/mol. The number of nitrogens with zero attached hydrogens (tertiary/aromatic N) is 2. The highest BCUT2D eigenvalue weighted by molar-refractivity contribution is 6.07. The molecule has 1 aromatic carbocycles. The Bertz CT molecular complexity index is 841. The first kappa shape index (κ1) is 14.7. The Morgan fingerprint density at radius 1 is 1.14 bits per heavy atom. The minimum Gasteiger partial charge on any atom is -0.303 e. The van der Waals surface area contributed by atoms with Crippen molar-refractivity contribution in [2.75, 3.05) is 0 Å². The summed E-state index contributed by atoms with van der Waals surface area (Å²) in [4.78, 5) is 35.6. The fraction of sp³-hybridized carbons (Fsp3) is 0.188. The quantitative estimate of drug-likeness (QED) is 0.630. The van der Waals surface area contributed by atoms with E-state index in [2.05, 4.69) is 0 Å². The summed E-state index contributed by atoms with van der Waals surface area (Å²) < 4.78 is 2.32. The molecule has 0 bridgehead atoms. The van der Waals surface area contributed by atoms with Crippen LogP contribution in [0.3, 0.4) is 0 Å². The van der Waals surface area contributed by atoms with Crippen LogP contribution < -0.4 is 11.2 Å². The molecule has 21 heavy (non-hydrogen) atoms. The fourth-order valence-electron chi connectivity index (χ4n) is 2.06. The maximum atomic E-state index is 12.1. The Labute approximate surface area is 121 Å². The van der Waals surface area contributed by atoms with Crippen LogP contribution in [0.15, 0.2) is 46.1 Å². The van der Waals surface area contributed by atoms with E-state index in [-0.39, 0.29) is 5.78 Å². The van der Waals surface area contributed by atoms with Crippen LogP contribution in [0.2, 0.25) is 0 Å². The molecule has 5 nitrogen and oxygen atoms in total. The Kier molecular flexibility index (Phi) is 4.03. The Morgan fingerprint density at radius 2 is 1.81 bits per heavy atom. The van der Waals surface area contributed by atoms with Crippen LogP contribution in [0, 0.1) is 6.92 Å². The summed E-state index contributed by atoms with van der Waals surface area (Å²) in [5.74, 6) is -0.177. The summed E-state index contributed by atoms with van der Waals surface area (Å²) in [6.45, 7) is 1.85. The van der Waals surface area contributed by atoms with Crippen LogP contribution in [0.25, 0.3) is 6.08 Å². The first-order chi connectivity index (χ1) is 9.91. The van der Waals surface area contributed by atoms with E-state index in [4.69, 9.17) is 0 Å². The van der Waals surface area contributed by atoms with Crippen LogP contribution in [-0.4, -0.2) is 14.9 Å². The highest BCUT2D eigenvalue weighted by atomic mass is 16.2. The molecule has 2 aromatic rings. The highest BCUT2D eigenvalue weighted by Gasteiger charge is 2.07. The van der Waals surface area contributed by atoms with Gasteiger partial charge < -0.3 is 4.57 Å². The van der Waals surface area contributed by atoms with Gasteiger partial charge in [-0.05, 0) is 24.6 Å². The highest BCUT2D eigenvalue weighted by Crippen LogP contribution is 2.09. The zero-order valence-corrected chi connectivity index (χ0v) is 12.2. The number of carbonyl (C=O) groups excluding carboxylic acids is 1. The summed E-state index contributed by atoms with van der Waals surface area (Å²) in [6.07, 6.45) is 4.21. The van der Waals surface area contributed by atoms with Gasteiger partial charge in [0.2, 0.25) is 0 Å². The molecule has 0 aliphatic heterocycles. The summed E-state index contributed by atoms with van der Waals surface area (Å²) >= 11 is 0. The molecule has 0 radical (unpaired) electrons. The zero-order valence-electron chi connectivity index (χ0n) is 12.2. The number of aromatic nitrogens is 2. The van der Waals surface area contributed by atoms with E-state index < -0.39 is 11.2 Å². The average molecular weight is 284 g/mol. The van der Waals surface area contributed by atoms with Crippen molar-refractivity contribution in [3.05, 3.63) is 74.1 Å². The molecule has 0 aliphatic rings. The van der Waals surface area contributed by atoms with Gasteiger partial charge in [-0.3, -0.25) is 14.2 Å². The van der Waals surface area contributed by atoms with Crippen LogP contribution in [0.5, 0.6) is 0 Å². The maximum Gasteiger partial charge on any atom is 0.330 e. The van der Waals surface area contributed by atoms with Gasteiger partial charge in [0, 0.05) is 25.9 Å². The number of hydrogen-bond acceptors (Lipinski definition) is 3. The van der Waals surface area contributed by atoms with Gasteiger partial charge in [0.25, 0.3) is 5.56 Å². The number of hydrogen-bond donors (Lipinski definition) is 0. The van der Waals surface area contributed by atoms with Gasteiger partial charge in [0.1, 0.15) is 0 Å². The second-order valence-corrected chi connectivity index (χ2v) is 4.85. The van der Waals surface area contributed by atoms with Gasteiger partial charge in [0.15, 0.2) is 5.78 Å². The molecule has 0 spiro atoms. The molecule has 2 rings (SSSR count). The minimum atomic E-state index is -0.424. The third-order valence-electron chi connectivity index (χ3n) is 3.30. The topological polar surface area (TPSA) is 61.1 Å². The smallest absolute Gasteiger partial charge is 0.303 e. The van der Waals surface area contributed by atoms with E-state index in [1.165, 1.54) is 30.0 Å². The summed E-state index contributed by atoms with van der Waals surface area (Å²) in [5, 5.41) is 0. The van der Waals surface area contributed by atoms with Gasteiger partial charge in [-0.1, -0.05) is 24.3 Å². The lowest BCUT2D eigenvalue weighted by Gasteiger charge is -2.03. The van der Waals surface area contributed by atoms with Crippen molar-refractivity contribution in [2.45, 2.75) is 6.92 Å². The van der Waals surface area contributed by atoms with E-state index in [9.17, 15) is 14.4 Å². The van der Waals surface area contributed by atoms with E-state index in [0.29, 0.717) is 11.1 Å². The van der Waals surface area contributed by atoms with E-state index in [1.807, 2.05) is 19.1 Å². The SMILES string of the molecule is Cc1ccccc1C(=O)/C=C/c1cn(C)c(=O)n(C)c1=O. The maximum absolute atomic E-state index is 12.1. The molecule has 0 unspecified atom stereocenters. The van der Waals surface area contributed by atoms with Crippen LogP contribution >= 0.6 is 0 Å². The van der Waals surface area contributed by atoms with Crippen LogP contribution in [0.1, 0.15) is 21.5 Å². The first-order valence-electron chi connectivity index (χ1n) is 6.46. The molecule has 0 aliphatic carbocycles. The molecule has 0 amide bonds. The van der Waals surface area contributed by atoms with Gasteiger partial charge in [0.05, 0.1) is 5.56 Å². The predicted octanol–water partition coefficient (Wildman–Crippen LogP) is 1.29. The van der Waals surface area contributed by atoms with Gasteiger partial charge in [-0.2, -0.15) is 0 Å². The van der Waals surface area contributed by atoms with Crippen molar-refractivity contribution in [2.24, 2.45) is 14.1 Å². The second-order valence-electron chi connectivity index (χ2n) is 4.85. The molecule has 108 valence electrons. The van der Waals surface area contributed by atoms with Crippen molar-refractivity contribution < 1.29 is 4.79 Å². The van der Waals surface area contributed by atoms with Crippen molar-refractivity contribution >= 4 is 11.9 Å².